The zero-order valence-electron chi connectivity index (χ0n) is 10.2. The van der Waals surface area contributed by atoms with E-state index >= 15 is 0 Å². The monoisotopic (exact) mass is 278 g/mol. The first-order chi connectivity index (χ1) is 8.93. The molecule has 0 heterocycles. The summed E-state index contributed by atoms with van der Waals surface area (Å²) in [4.78, 5) is 9.27. The lowest BCUT2D eigenvalue weighted by Gasteiger charge is -2.18. The molecule has 0 aliphatic carbocycles. The Labute approximate surface area is 115 Å². The highest BCUT2D eigenvalue weighted by molar-refractivity contribution is 6.33. The number of hydrogen-bond donors (Lipinski definition) is 1. The molecule has 98 valence electrons. The molecule has 0 spiro atoms. The van der Waals surface area contributed by atoms with Crippen LogP contribution in [0, 0.1) is 5.82 Å². The number of carboxylic acids is 1. The Bertz CT molecular complexity index is 609. The normalized spacial score (nSPS) is 13.8. The second kappa shape index (κ2) is 5.02. The van der Waals surface area contributed by atoms with Gasteiger partial charge in [0.05, 0.1) is 0 Å². The summed E-state index contributed by atoms with van der Waals surface area (Å²) in [6.45, 7) is 1.26. The second-order valence-corrected chi connectivity index (χ2v) is 5.12. The van der Waals surface area contributed by atoms with Gasteiger partial charge in [-0.15, -0.1) is 11.6 Å². The van der Waals surface area contributed by atoms with Crippen LogP contribution in [0.4, 0.5) is 4.39 Å². The fourth-order valence-corrected chi connectivity index (χ4v) is 1.97. The molecule has 0 radical (unpaired) electrons. The lowest BCUT2D eigenvalue weighted by Crippen LogP contribution is -2.26. The van der Waals surface area contributed by atoms with E-state index in [-0.39, 0.29) is 5.56 Å². The van der Waals surface area contributed by atoms with Crippen molar-refractivity contribution < 1.29 is 14.3 Å². The summed E-state index contributed by atoms with van der Waals surface area (Å²) < 4.78 is 14.0. The SMILES string of the molecule is CC(Cl)(C(=O)O)c1ccc(-c2ccccc2)cc1F. The van der Waals surface area contributed by atoms with Gasteiger partial charge in [-0.25, -0.2) is 9.18 Å². The maximum atomic E-state index is 14.0. The first-order valence-electron chi connectivity index (χ1n) is 5.70. The lowest BCUT2D eigenvalue weighted by atomic mass is 9.96. The van der Waals surface area contributed by atoms with Crippen LogP contribution < -0.4 is 0 Å². The molecule has 0 saturated heterocycles. The highest BCUT2D eigenvalue weighted by Gasteiger charge is 2.35. The van der Waals surface area contributed by atoms with Crippen LogP contribution in [0.3, 0.4) is 0 Å². The Hall–Kier alpha value is -1.87. The predicted molar refractivity (Wildman–Crippen MR) is 72.7 cm³/mol. The summed E-state index contributed by atoms with van der Waals surface area (Å²) in [6, 6.07) is 13.7. The van der Waals surface area contributed by atoms with Crippen molar-refractivity contribution >= 4 is 17.6 Å². The fourth-order valence-electron chi connectivity index (χ4n) is 1.82. The molecule has 0 aromatic heterocycles. The van der Waals surface area contributed by atoms with Gasteiger partial charge in [0.2, 0.25) is 0 Å². The van der Waals surface area contributed by atoms with Crippen molar-refractivity contribution in [3.05, 3.63) is 59.9 Å². The molecule has 2 aromatic carbocycles. The molecule has 0 saturated carbocycles. The topological polar surface area (TPSA) is 37.3 Å². The van der Waals surface area contributed by atoms with E-state index in [1.54, 1.807) is 6.07 Å². The largest absolute Gasteiger partial charge is 0.480 e. The minimum absolute atomic E-state index is 0.0404. The number of benzene rings is 2. The smallest absolute Gasteiger partial charge is 0.329 e. The molecule has 2 nitrogen and oxygen atoms in total. The predicted octanol–water partition coefficient (Wildman–Crippen LogP) is 4.03. The standard InChI is InChI=1S/C15H12ClFO2/c1-15(16,14(18)19)12-8-7-11(9-13(12)17)10-5-3-2-4-6-10/h2-9H,1H3,(H,18,19). The van der Waals surface area contributed by atoms with Crippen molar-refractivity contribution in [3.63, 3.8) is 0 Å². The Morgan fingerprint density at radius 1 is 1.16 bits per heavy atom. The average Bonchev–Trinajstić information content (AvgIpc) is 2.39. The maximum absolute atomic E-state index is 14.0. The summed E-state index contributed by atoms with van der Waals surface area (Å²) in [5, 5.41) is 9.01. The quantitative estimate of drug-likeness (QED) is 0.861. The number of aliphatic carboxylic acids is 1. The van der Waals surface area contributed by atoms with Crippen LogP contribution in [0.1, 0.15) is 12.5 Å². The van der Waals surface area contributed by atoms with Crippen LogP contribution in [0.5, 0.6) is 0 Å². The molecule has 0 amide bonds. The van der Waals surface area contributed by atoms with Crippen molar-refractivity contribution in [1.82, 2.24) is 0 Å². The van der Waals surface area contributed by atoms with Gasteiger partial charge in [-0.1, -0.05) is 42.5 Å². The first kappa shape index (κ1) is 13.6. The van der Waals surface area contributed by atoms with E-state index in [0.717, 1.165) is 5.56 Å². The van der Waals surface area contributed by atoms with Crippen LogP contribution in [0.2, 0.25) is 0 Å². The number of alkyl halides is 1. The van der Waals surface area contributed by atoms with Crippen molar-refractivity contribution in [1.29, 1.82) is 0 Å². The minimum Gasteiger partial charge on any atom is -0.480 e. The lowest BCUT2D eigenvalue weighted by molar-refractivity contribution is -0.140. The number of carboxylic acid groups (broad SMARTS) is 1. The molecule has 1 atom stereocenters. The summed E-state index contributed by atoms with van der Waals surface area (Å²) in [7, 11) is 0. The molecule has 4 heteroatoms. The molecule has 0 bridgehead atoms. The van der Waals surface area contributed by atoms with Gasteiger partial charge >= 0.3 is 5.97 Å². The van der Waals surface area contributed by atoms with Gasteiger partial charge in [-0.3, -0.25) is 0 Å². The van der Waals surface area contributed by atoms with Crippen LogP contribution >= 0.6 is 11.6 Å². The first-order valence-corrected chi connectivity index (χ1v) is 6.08. The van der Waals surface area contributed by atoms with Gasteiger partial charge in [0.25, 0.3) is 0 Å². The third-order valence-electron chi connectivity index (χ3n) is 2.98. The van der Waals surface area contributed by atoms with Crippen LogP contribution in [0.15, 0.2) is 48.5 Å². The van der Waals surface area contributed by atoms with E-state index in [1.807, 2.05) is 30.3 Å². The highest BCUT2D eigenvalue weighted by Crippen LogP contribution is 2.33. The van der Waals surface area contributed by atoms with Crippen molar-refractivity contribution in [2.24, 2.45) is 0 Å². The maximum Gasteiger partial charge on any atom is 0.329 e. The summed E-state index contributed by atoms with van der Waals surface area (Å²) in [5.74, 6) is -1.90. The number of hydrogen-bond acceptors (Lipinski definition) is 1. The summed E-state index contributed by atoms with van der Waals surface area (Å²) in [5.41, 5.74) is 1.50. The van der Waals surface area contributed by atoms with E-state index in [2.05, 4.69) is 0 Å². The van der Waals surface area contributed by atoms with E-state index in [4.69, 9.17) is 16.7 Å². The molecule has 2 rings (SSSR count). The molecular formula is C15H12ClFO2. The minimum atomic E-state index is -1.76. The van der Waals surface area contributed by atoms with Gasteiger partial charge in [0.15, 0.2) is 4.87 Å². The van der Waals surface area contributed by atoms with Gasteiger partial charge < -0.3 is 5.11 Å². The molecular weight excluding hydrogens is 267 g/mol. The fraction of sp³-hybridized carbons (Fsp3) is 0.133. The van der Waals surface area contributed by atoms with Crippen LogP contribution in [0.25, 0.3) is 11.1 Å². The highest BCUT2D eigenvalue weighted by atomic mass is 35.5. The van der Waals surface area contributed by atoms with Crippen LogP contribution in [-0.2, 0) is 9.67 Å². The molecule has 0 aliphatic heterocycles. The number of rotatable bonds is 3. The molecule has 0 fully saturated rings. The molecule has 19 heavy (non-hydrogen) atoms. The molecule has 2 aromatic rings. The van der Waals surface area contributed by atoms with E-state index < -0.39 is 16.7 Å². The van der Waals surface area contributed by atoms with Crippen molar-refractivity contribution in [2.75, 3.05) is 0 Å². The third kappa shape index (κ3) is 2.61. The Balaban J connectivity index is 2.47. The number of halogens is 2. The molecule has 1 N–H and O–H groups in total. The van der Waals surface area contributed by atoms with Crippen molar-refractivity contribution in [3.8, 4) is 11.1 Å². The van der Waals surface area contributed by atoms with E-state index in [9.17, 15) is 9.18 Å². The zero-order valence-corrected chi connectivity index (χ0v) is 11.0. The molecule has 1 unspecified atom stereocenters. The Morgan fingerprint density at radius 2 is 1.79 bits per heavy atom. The second-order valence-electron chi connectivity index (χ2n) is 4.37. The summed E-state index contributed by atoms with van der Waals surface area (Å²) >= 11 is 5.86. The zero-order chi connectivity index (χ0) is 14.0. The van der Waals surface area contributed by atoms with E-state index in [0.29, 0.717) is 5.56 Å². The van der Waals surface area contributed by atoms with E-state index in [1.165, 1.54) is 19.1 Å². The van der Waals surface area contributed by atoms with Crippen LogP contribution in [-0.4, -0.2) is 11.1 Å². The average molecular weight is 279 g/mol. The Morgan fingerprint density at radius 3 is 2.32 bits per heavy atom. The Kier molecular flexibility index (Phi) is 3.58. The third-order valence-corrected chi connectivity index (χ3v) is 3.35. The molecule has 0 aliphatic rings. The van der Waals surface area contributed by atoms with Gasteiger partial charge in [-0.2, -0.15) is 0 Å². The van der Waals surface area contributed by atoms with Gasteiger partial charge in [0.1, 0.15) is 5.82 Å². The van der Waals surface area contributed by atoms with Crippen molar-refractivity contribution in [2.45, 2.75) is 11.8 Å². The summed E-state index contributed by atoms with van der Waals surface area (Å²) in [6.07, 6.45) is 0. The van der Waals surface area contributed by atoms with Gasteiger partial charge in [-0.05, 0) is 24.1 Å². The number of carbonyl (C=O) groups is 1. The van der Waals surface area contributed by atoms with Gasteiger partial charge in [0, 0.05) is 5.56 Å².